The van der Waals surface area contributed by atoms with Gasteiger partial charge in [-0.05, 0) is 31.4 Å². The molecular formula is C17H19N5O. The smallest absolute Gasteiger partial charge is 0.145 e. The van der Waals surface area contributed by atoms with Gasteiger partial charge in [0.05, 0.1) is 24.2 Å². The number of anilines is 1. The molecule has 6 heteroatoms. The summed E-state index contributed by atoms with van der Waals surface area (Å²) in [5, 5.41) is 4.40. The summed E-state index contributed by atoms with van der Waals surface area (Å²) in [4.78, 5) is 16.4. The molecule has 3 aromatic heterocycles. The molecule has 118 valence electrons. The van der Waals surface area contributed by atoms with Crippen LogP contribution in [0.3, 0.4) is 0 Å². The summed E-state index contributed by atoms with van der Waals surface area (Å²) in [6.07, 6.45) is 11.0. The standard InChI is InChI=1S/C17H19N5O/c1-2-6-23-14(3-1)9-20-16-11-18-10-15(22-16)13-7-12-4-5-19-17(12)21-8-13/h4-5,7-8,10-11,14H,1-3,6,9H2,(H,19,21)(H,20,22). The van der Waals surface area contributed by atoms with Gasteiger partial charge in [-0.2, -0.15) is 0 Å². The number of nitrogens with zero attached hydrogens (tertiary/aromatic N) is 3. The fraction of sp³-hybridized carbons (Fsp3) is 0.353. The third-order valence-electron chi connectivity index (χ3n) is 4.12. The van der Waals surface area contributed by atoms with Gasteiger partial charge in [0.25, 0.3) is 0 Å². The lowest BCUT2D eigenvalue weighted by Gasteiger charge is -2.22. The van der Waals surface area contributed by atoms with Crippen molar-refractivity contribution in [2.75, 3.05) is 18.5 Å². The second kappa shape index (κ2) is 6.34. The number of nitrogens with one attached hydrogen (secondary N) is 2. The summed E-state index contributed by atoms with van der Waals surface area (Å²) in [5.41, 5.74) is 2.66. The number of pyridine rings is 1. The van der Waals surface area contributed by atoms with Gasteiger partial charge in [-0.25, -0.2) is 9.97 Å². The highest BCUT2D eigenvalue weighted by Gasteiger charge is 2.13. The molecule has 1 aliphatic rings. The third-order valence-corrected chi connectivity index (χ3v) is 4.12. The highest BCUT2D eigenvalue weighted by atomic mass is 16.5. The molecule has 1 saturated heterocycles. The SMILES string of the molecule is c1cc2cc(-c3cncc(NCC4CCCCO4)n3)cnc2[nH]1. The molecule has 2 N–H and O–H groups in total. The molecular weight excluding hydrogens is 290 g/mol. The number of hydrogen-bond acceptors (Lipinski definition) is 5. The Labute approximate surface area is 134 Å². The van der Waals surface area contributed by atoms with E-state index >= 15 is 0 Å². The highest BCUT2D eigenvalue weighted by molar-refractivity contribution is 5.80. The summed E-state index contributed by atoms with van der Waals surface area (Å²) in [7, 11) is 0. The molecule has 0 saturated carbocycles. The Bertz CT molecular complexity index is 794. The van der Waals surface area contributed by atoms with E-state index in [9.17, 15) is 0 Å². The molecule has 4 heterocycles. The summed E-state index contributed by atoms with van der Waals surface area (Å²) in [6.45, 7) is 1.63. The predicted molar refractivity (Wildman–Crippen MR) is 89.2 cm³/mol. The minimum Gasteiger partial charge on any atom is -0.376 e. The van der Waals surface area contributed by atoms with Crippen LogP contribution in [0.25, 0.3) is 22.3 Å². The van der Waals surface area contributed by atoms with Crippen molar-refractivity contribution in [2.24, 2.45) is 0 Å². The van der Waals surface area contributed by atoms with Gasteiger partial charge in [-0.3, -0.25) is 4.98 Å². The van der Waals surface area contributed by atoms with Crippen LogP contribution in [0.15, 0.2) is 36.9 Å². The van der Waals surface area contributed by atoms with Crippen molar-refractivity contribution in [3.05, 3.63) is 36.9 Å². The maximum absolute atomic E-state index is 5.73. The van der Waals surface area contributed by atoms with Crippen molar-refractivity contribution in [1.82, 2.24) is 19.9 Å². The monoisotopic (exact) mass is 309 g/mol. The van der Waals surface area contributed by atoms with Crippen LogP contribution in [-0.2, 0) is 4.74 Å². The van der Waals surface area contributed by atoms with E-state index in [2.05, 4.69) is 31.3 Å². The van der Waals surface area contributed by atoms with Crippen LogP contribution in [-0.4, -0.2) is 39.2 Å². The lowest BCUT2D eigenvalue weighted by Crippen LogP contribution is -2.27. The summed E-state index contributed by atoms with van der Waals surface area (Å²) in [5.74, 6) is 0.769. The molecule has 3 aromatic rings. The Morgan fingerprint density at radius 3 is 3.17 bits per heavy atom. The van der Waals surface area contributed by atoms with Crippen molar-refractivity contribution in [2.45, 2.75) is 25.4 Å². The Hall–Kier alpha value is -2.47. The van der Waals surface area contributed by atoms with Crippen LogP contribution >= 0.6 is 0 Å². The first-order chi connectivity index (χ1) is 11.4. The van der Waals surface area contributed by atoms with Gasteiger partial charge < -0.3 is 15.0 Å². The highest BCUT2D eigenvalue weighted by Crippen LogP contribution is 2.21. The van der Waals surface area contributed by atoms with E-state index in [4.69, 9.17) is 4.74 Å². The van der Waals surface area contributed by atoms with Gasteiger partial charge in [-0.15, -0.1) is 0 Å². The number of fused-ring (bicyclic) bond motifs is 1. The molecule has 0 radical (unpaired) electrons. The van der Waals surface area contributed by atoms with Crippen molar-refractivity contribution in [3.63, 3.8) is 0 Å². The van der Waals surface area contributed by atoms with Crippen molar-refractivity contribution in [1.29, 1.82) is 0 Å². The number of aromatic nitrogens is 4. The predicted octanol–water partition coefficient (Wildman–Crippen LogP) is 3.00. The summed E-state index contributed by atoms with van der Waals surface area (Å²) >= 11 is 0. The van der Waals surface area contributed by atoms with E-state index in [0.29, 0.717) is 0 Å². The minimum absolute atomic E-state index is 0.270. The van der Waals surface area contributed by atoms with Gasteiger partial charge >= 0.3 is 0 Å². The molecule has 0 spiro atoms. The van der Waals surface area contributed by atoms with E-state index in [1.807, 2.05) is 18.5 Å². The van der Waals surface area contributed by atoms with E-state index in [0.717, 1.165) is 47.7 Å². The Morgan fingerprint density at radius 1 is 1.26 bits per heavy atom. The van der Waals surface area contributed by atoms with Crippen LogP contribution in [0.5, 0.6) is 0 Å². The van der Waals surface area contributed by atoms with Gasteiger partial charge in [0.15, 0.2) is 0 Å². The lowest BCUT2D eigenvalue weighted by atomic mass is 10.1. The summed E-state index contributed by atoms with van der Waals surface area (Å²) < 4.78 is 5.73. The second-order valence-corrected chi connectivity index (χ2v) is 5.80. The quantitative estimate of drug-likeness (QED) is 0.775. The van der Waals surface area contributed by atoms with Gasteiger partial charge in [0, 0.05) is 36.5 Å². The number of hydrogen-bond donors (Lipinski definition) is 2. The molecule has 1 aliphatic heterocycles. The second-order valence-electron chi connectivity index (χ2n) is 5.80. The largest absolute Gasteiger partial charge is 0.376 e. The molecule has 0 aliphatic carbocycles. The van der Waals surface area contributed by atoms with Gasteiger partial charge in [-0.1, -0.05) is 0 Å². The normalized spacial score (nSPS) is 18.2. The lowest BCUT2D eigenvalue weighted by molar-refractivity contribution is 0.0247. The third kappa shape index (κ3) is 3.17. The maximum atomic E-state index is 5.73. The average molecular weight is 309 g/mol. The maximum Gasteiger partial charge on any atom is 0.145 e. The zero-order valence-corrected chi connectivity index (χ0v) is 12.8. The van der Waals surface area contributed by atoms with Crippen LogP contribution in [0.2, 0.25) is 0 Å². The van der Waals surface area contributed by atoms with Crippen LogP contribution in [0.1, 0.15) is 19.3 Å². The molecule has 6 nitrogen and oxygen atoms in total. The number of rotatable bonds is 4. The van der Waals surface area contributed by atoms with Gasteiger partial charge in [0.2, 0.25) is 0 Å². The zero-order valence-electron chi connectivity index (χ0n) is 12.8. The topological polar surface area (TPSA) is 75.7 Å². The molecule has 0 amide bonds. The van der Waals surface area contributed by atoms with Crippen molar-refractivity contribution >= 4 is 16.9 Å². The van der Waals surface area contributed by atoms with Crippen molar-refractivity contribution in [3.8, 4) is 11.3 Å². The molecule has 1 atom stereocenters. The first-order valence-corrected chi connectivity index (χ1v) is 7.99. The fourth-order valence-electron chi connectivity index (χ4n) is 2.86. The fourth-order valence-corrected chi connectivity index (χ4v) is 2.86. The number of H-pyrrole nitrogens is 1. The molecule has 1 unspecified atom stereocenters. The molecule has 0 bridgehead atoms. The minimum atomic E-state index is 0.270. The van der Waals surface area contributed by atoms with Crippen LogP contribution in [0.4, 0.5) is 5.82 Å². The van der Waals surface area contributed by atoms with E-state index in [1.54, 1.807) is 12.4 Å². The Balaban J connectivity index is 1.50. The number of ether oxygens (including phenoxy) is 1. The Kier molecular flexibility index (Phi) is 3.90. The van der Waals surface area contributed by atoms with Crippen LogP contribution in [0, 0.1) is 0 Å². The Morgan fingerprint density at radius 2 is 2.26 bits per heavy atom. The first kappa shape index (κ1) is 14.1. The van der Waals surface area contributed by atoms with E-state index < -0.39 is 0 Å². The van der Waals surface area contributed by atoms with Gasteiger partial charge in [0.1, 0.15) is 11.5 Å². The van der Waals surface area contributed by atoms with Crippen LogP contribution < -0.4 is 5.32 Å². The molecule has 4 rings (SSSR count). The van der Waals surface area contributed by atoms with E-state index in [1.165, 1.54) is 12.8 Å². The average Bonchev–Trinajstić information content (AvgIpc) is 3.09. The molecule has 0 aromatic carbocycles. The molecule has 23 heavy (non-hydrogen) atoms. The summed E-state index contributed by atoms with van der Waals surface area (Å²) in [6, 6.07) is 4.07. The van der Waals surface area contributed by atoms with E-state index in [-0.39, 0.29) is 6.10 Å². The first-order valence-electron chi connectivity index (χ1n) is 7.99. The van der Waals surface area contributed by atoms with Crippen molar-refractivity contribution < 1.29 is 4.74 Å². The molecule has 1 fully saturated rings. The zero-order chi connectivity index (χ0) is 15.5. The number of aromatic amines is 1.